The Labute approximate surface area is 167 Å². The molecule has 144 valence electrons. The van der Waals surface area contributed by atoms with Gasteiger partial charge in [-0.2, -0.15) is 0 Å². The summed E-state index contributed by atoms with van der Waals surface area (Å²) < 4.78 is 5.20. The zero-order valence-corrected chi connectivity index (χ0v) is 17.4. The Kier molecular flexibility index (Phi) is 6.49. The van der Waals surface area contributed by atoms with Gasteiger partial charge in [0.25, 0.3) is 5.91 Å². The van der Waals surface area contributed by atoms with E-state index in [2.05, 4.69) is 21.4 Å². The number of fused-ring (bicyclic) bond motifs is 1. The van der Waals surface area contributed by atoms with Gasteiger partial charge in [-0.05, 0) is 55.5 Å². The molecule has 2 aromatic heterocycles. The number of rotatable bonds is 6. The number of hydrogen-bond acceptors (Lipinski definition) is 7. The van der Waals surface area contributed by atoms with E-state index in [1.54, 1.807) is 16.2 Å². The molecule has 3 rings (SSSR count). The van der Waals surface area contributed by atoms with Crippen LogP contribution in [0.15, 0.2) is 16.6 Å². The first-order valence-corrected chi connectivity index (χ1v) is 10.9. The van der Waals surface area contributed by atoms with Gasteiger partial charge in [0.1, 0.15) is 0 Å². The lowest BCUT2D eigenvalue weighted by atomic mass is 10.1. The van der Waals surface area contributed by atoms with Crippen LogP contribution < -0.4 is 0 Å². The topological polar surface area (TPSA) is 72.4 Å². The molecular formula is C19H23N3O3S2. The van der Waals surface area contributed by atoms with Crippen LogP contribution in [0.5, 0.6) is 0 Å². The monoisotopic (exact) mass is 405 g/mol. The number of amides is 1. The lowest BCUT2D eigenvalue weighted by Gasteiger charge is -2.26. The lowest BCUT2D eigenvalue weighted by Crippen LogP contribution is -2.38. The van der Waals surface area contributed by atoms with Crippen molar-refractivity contribution >= 4 is 35.0 Å². The fourth-order valence-electron chi connectivity index (χ4n) is 3.16. The second-order valence-electron chi connectivity index (χ2n) is 6.45. The lowest BCUT2D eigenvalue weighted by molar-refractivity contribution is -0.152. The molecule has 2 aromatic rings. The van der Waals surface area contributed by atoms with E-state index in [1.807, 2.05) is 20.1 Å². The normalized spacial score (nSPS) is 13.4. The quantitative estimate of drug-likeness (QED) is 0.418. The summed E-state index contributed by atoms with van der Waals surface area (Å²) in [5.41, 5.74) is 3.94. The molecule has 1 aliphatic heterocycles. The summed E-state index contributed by atoms with van der Waals surface area (Å²) in [7, 11) is 0. The molecule has 0 saturated heterocycles. The first-order valence-electron chi connectivity index (χ1n) is 8.84. The van der Waals surface area contributed by atoms with Crippen molar-refractivity contribution in [3.63, 3.8) is 0 Å². The van der Waals surface area contributed by atoms with E-state index >= 15 is 0 Å². The van der Waals surface area contributed by atoms with Crippen LogP contribution in [0, 0.1) is 13.8 Å². The number of aromatic nitrogens is 2. The predicted molar refractivity (Wildman–Crippen MR) is 106 cm³/mol. The Morgan fingerprint density at radius 1 is 1.30 bits per heavy atom. The molecule has 0 unspecified atom stereocenters. The molecule has 0 radical (unpaired) electrons. The third-order valence-electron chi connectivity index (χ3n) is 4.68. The average Bonchev–Trinajstić information content (AvgIpc) is 3.12. The number of carbonyl (C=O) groups excluding carboxylic acids is 2. The van der Waals surface area contributed by atoms with Gasteiger partial charge < -0.3 is 9.64 Å². The highest BCUT2D eigenvalue weighted by Crippen LogP contribution is 2.24. The molecule has 0 N–H and O–H groups in total. The van der Waals surface area contributed by atoms with Crippen molar-refractivity contribution in [1.29, 1.82) is 0 Å². The maximum Gasteiger partial charge on any atom is 0.306 e. The van der Waals surface area contributed by atoms with Crippen LogP contribution in [0.3, 0.4) is 0 Å². The molecule has 0 saturated carbocycles. The summed E-state index contributed by atoms with van der Waals surface area (Å²) >= 11 is 3.23. The zero-order chi connectivity index (χ0) is 19.4. The summed E-state index contributed by atoms with van der Waals surface area (Å²) in [6.07, 6.45) is 3.54. The number of thiophene rings is 1. The maximum atomic E-state index is 12.3. The molecule has 0 atom stereocenters. The molecule has 1 amide bonds. The van der Waals surface area contributed by atoms with E-state index in [1.165, 1.54) is 22.2 Å². The first-order chi connectivity index (χ1) is 13.0. The highest BCUT2D eigenvalue weighted by molar-refractivity contribution is 7.98. The van der Waals surface area contributed by atoms with Gasteiger partial charge >= 0.3 is 5.97 Å². The Balaban J connectivity index is 1.47. The van der Waals surface area contributed by atoms with Crippen molar-refractivity contribution < 1.29 is 14.3 Å². The standard InChI is InChI=1S/C19H23N3O3S2/c1-12-15(13(2)21-19(20-12)26-3)4-5-18(24)25-11-17(23)22-8-6-16-14(10-22)7-9-27-16/h7,9H,4-6,8,10-11H2,1-3H3. The molecule has 0 aliphatic carbocycles. The van der Waals surface area contributed by atoms with Gasteiger partial charge in [0, 0.05) is 35.8 Å². The fraction of sp³-hybridized carbons (Fsp3) is 0.474. The number of thioether (sulfide) groups is 1. The molecule has 8 heteroatoms. The molecule has 0 aromatic carbocycles. The SMILES string of the molecule is CSc1nc(C)c(CCC(=O)OCC(=O)N2CCc3sccc3C2)c(C)n1. The smallest absolute Gasteiger partial charge is 0.306 e. The van der Waals surface area contributed by atoms with Gasteiger partial charge in [-0.25, -0.2) is 9.97 Å². The van der Waals surface area contributed by atoms with Gasteiger partial charge in [-0.1, -0.05) is 11.8 Å². The van der Waals surface area contributed by atoms with Crippen LogP contribution in [0.2, 0.25) is 0 Å². The van der Waals surface area contributed by atoms with Crippen LogP contribution >= 0.6 is 23.1 Å². The number of ether oxygens (including phenoxy) is 1. The van der Waals surface area contributed by atoms with Crippen molar-refractivity contribution in [3.8, 4) is 0 Å². The molecule has 0 fully saturated rings. The second-order valence-corrected chi connectivity index (χ2v) is 8.23. The minimum atomic E-state index is -0.371. The van der Waals surface area contributed by atoms with Gasteiger partial charge in [0.15, 0.2) is 11.8 Å². The number of carbonyl (C=O) groups is 2. The van der Waals surface area contributed by atoms with E-state index in [-0.39, 0.29) is 24.9 Å². The molecule has 0 bridgehead atoms. The fourth-order valence-corrected chi connectivity index (χ4v) is 4.50. The van der Waals surface area contributed by atoms with E-state index in [4.69, 9.17) is 4.74 Å². The number of aryl methyl sites for hydroxylation is 2. The Morgan fingerprint density at radius 2 is 2.04 bits per heavy atom. The molecule has 27 heavy (non-hydrogen) atoms. The van der Waals surface area contributed by atoms with Crippen molar-refractivity contribution in [2.24, 2.45) is 0 Å². The number of esters is 1. The largest absolute Gasteiger partial charge is 0.456 e. The van der Waals surface area contributed by atoms with Crippen LogP contribution in [0.4, 0.5) is 0 Å². The highest BCUT2D eigenvalue weighted by atomic mass is 32.2. The molecule has 1 aliphatic rings. The van der Waals surface area contributed by atoms with E-state index in [0.29, 0.717) is 19.5 Å². The van der Waals surface area contributed by atoms with Gasteiger partial charge in [-0.15, -0.1) is 11.3 Å². The molecule has 0 spiro atoms. The molecule has 6 nitrogen and oxygen atoms in total. The Hall–Kier alpha value is -1.93. The summed E-state index contributed by atoms with van der Waals surface area (Å²) in [6, 6.07) is 2.06. The van der Waals surface area contributed by atoms with Crippen molar-refractivity contribution in [2.45, 2.75) is 44.8 Å². The van der Waals surface area contributed by atoms with E-state index in [9.17, 15) is 9.59 Å². The van der Waals surface area contributed by atoms with Crippen molar-refractivity contribution in [1.82, 2.24) is 14.9 Å². The first kappa shape index (κ1) is 19.8. The maximum absolute atomic E-state index is 12.3. The van der Waals surface area contributed by atoms with Gasteiger partial charge in [-0.3, -0.25) is 9.59 Å². The van der Waals surface area contributed by atoms with Crippen LogP contribution in [0.1, 0.15) is 33.8 Å². The van der Waals surface area contributed by atoms with E-state index < -0.39 is 0 Å². The van der Waals surface area contributed by atoms with Crippen molar-refractivity contribution in [3.05, 3.63) is 38.8 Å². The summed E-state index contributed by atoms with van der Waals surface area (Å²) in [4.78, 5) is 36.3. The van der Waals surface area contributed by atoms with Gasteiger partial charge in [0.2, 0.25) is 0 Å². The van der Waals surface area contributed by atoms with E-state index in [0.717, 1.165) is 28.5 Å². The average molecular weight is 406 g/mol. The van der Waals surface area contributed by atoms with Crippen molar-refractivity contribution in [2.75, 3.05) is 19.4 Å². The molecular weight excluding hydrogens is 382 g/mol. The summed E-state index contributed by atoms with van der Waals surface area (Å²) in [5, 5.41) is 2.79. The minimum absolute atomic E-state index is 0.139. The number of nitrogens with zero attached hydrogens (tertiary/aromatic N) is 3. The summed E-state index contributed by atoms with van der Waals surface area (Å²) in [5.74, 6) is -0.510. The second kappa shape index (κ2) is 8.84. The van der Waals surface area contributed by atoms with Gasteiger partial charge in [0.05, 0.1) is 0 Å². The predicted octanol–water partition coefficient (Wildman–Crippen LogP) is 2.94. The Morgan fingerprint density at radius 3 is 2.74 bits per heavy atom. The Bertz CT molecular complexity index is 827. The highest BCUT2D eigenvalue weighted by Gasteiger charge is 2.22. The molecule has 3 heterocycles. The number of hydrogen-bond donors (Lipinski definition) is 0. The zero-order valence-electron chi connectivity index (χ0n) is 15.8. The minimum Gasteiger partial charge on any atom is -0.456 e. The third kappa shape index (κ3) is 4.87. The summed E-state index contributed by atoms with van der Waals surface area (Å²) in [6.45, 7) is 4.94. The third-order valence-corrected chi connectivity index (χ3v) is 6.25. The van der Waals surface area contributed by atoms with Crippen LogP contribution in [-0.4, -0.2) is 46.2 Å². The van der Waals surface area contributed by atoms with Crippen LogP contribution in [0.25, 0.3) is 0 Å². The van der Waals surface area contributed by atoms with Crippen LogP contribution in [-0.2, 0) is 33.7 Å².